The Bertz CT molecular complexity index is 286. The van der Waals surface area contributed by atoms with Crippen molar-refractivity contribution in [3.8, 4) is 0 Å². The Morgan fingerprint density at radius 1 is 1.53 bits per heavy atom. The zero-order chi connectivity index (χ0) is 11.3. The van der Waals surface area contributed by atoms with Gasteiger partial charge in [-0.15, -0.1) is 0 Å². The fraction of sp³-hybridized carbons (Fsp3) is 0.800. The number of aliphatic hydroxyl groups excluding tert-OH is 1. The van der Waals surface area contributed by atoms with E-state index in [0.717, 1.165) is 12.8 Å². The third kappa shape index (κ3) is 3.60. The number of ether oxygens (including phenoxy) is 1. The Kier molecular flexibility index (Phi) is 4.71. The van der Waals surface area contributed by atoms with Gasteiger partial charge in [0.15, 0.2) is 0 Å². The van der Waals surface area contributed by atoms with E-state index in [-0.39, 0.29) is 6.10 Å². The molecule has 0 aromatic carbocycles. The summed E-state index contributed by atoms with van der Waals surface area (Å²) < 4.78 is 10.3. The summed E-state index contributed by atoms with van der Waals surface area (Å²) in [5.41, 5.74) is 0. The third-order valence-corrected chi connectivity index (χ3v) is 2.08. The number of aliphatic hydroxyl groups is 1. The van der Waals surface area contributed by atoms with Crippen molar-refractivity contribution >= 4 is 0 Å². The maximum atomic E-state index is 9.16. The van der Waals surface area contributed by atoms with Gasteiger partial charge in [0.1, 0.15) is 6.10 Å². The van der Waals surface area contributed by atoms with Gasteiger partial charge >= 0.3 is 0 Å². The van der Waals surface area contributed by atoms with Crippen molar-refractivity contribution in [3.05, 3.63) is 11.7 Å². The molecule has 0 aliphatic carbocycles. The average molecular weight is 214 g/mol. The highest BCUT2D eigenvalue weighted by Gasteiger charge is 2.17. The van der Waals surface area contributed by atoms with Gasteiger partial charge in [-0.05, 0) is 13.3 Å². The SMILES string of the molecule is CCCC(OC)c1noc(CC(C)O)n1. The van der Waals surface area contributed by atoms with Crippen LogP contribution >= 0.6 is 0 Å². The van der Waals surface area contributed by atoms with Gasteiger partial charge in [-0.2, -0.15) is 4.98 Å². The van der Waals surface area contributed by atoms with Crippen LogP contribution in [0.15, 0.2) is 4.52 Å². The van der Waals surface area contributed by atoms with Gasteiger partial charge in [0.25, 0.3) is 0 Å². The first-order chi connectivity index (χ1) is 7.17. The standard InChI is InChI=1S/C10H18N2O3/c1-4-5-8(14-3)10-11-9(15-12-10)6-7(2)13/h7-8,13H,4-6H2,1-3H3. The molecule has 2 unspecified atom stereocenters. The molecule has 5 nitrogen and oxygen atoms in total. The second-order valence-electron chi connectivity index (χ2n) is 3.61. The molecule has 0 aliphatic rings. The molecule has 0 amide bonds. The van der Waals surface area contributed by atoms with Crippen LogP contribution in [0.25, 0.3) is 0 Å². The van der Waals surface area contributed by atoms with Gasteiger partial charge in [0.05, 0.1) is 12.5 Å². The monoisotopic (exact) mass is 214 g/mol. The summed E-state index contributed by atoms with van der Waals surface area (Å²) in [5.74, 6) is 1.02. The molecule has 1 N–H and O–H groups in total. The van der Waals surface area contributed by atoms with Crippen molar-refractivity contribution in [2.75, 3.05) is 7.11 Å². The number of hydrogen-bond acceptors (Lipinski definition) is 5. The highest BCUT2D eigenvalue weighted by atomic mass is 16.5. The molecule has 1 rings (SSSR count). The maximum Gasteiger partial charge on any atom is 0.229 e. The number of nitrogens with zero attached hydrogens (tertiary/aromatic N) is 2. The van der Waals surface area contributed by atoms with E-state index < -0.39 is 6.10 Å². The molecule has 86 valence electrons. The fourth-order valence-corrected chi connectivity index (χ4v) is 1.35. The van der Waals surface area contributed by atoms with Gasteiger partial charge in [-0.3, -0.25) is 0 Å². The van der Waals surface area contributed by atoms with E-state index in [1.807, 2.05) is 0 Å². The van der Waals surface area contributed by atoms with Crippen molar-refractivity contribution in [3.63, 3.8) is 0 Å². The summed E-state index contributed by atoms with van der Waals surface area (Å²) in [6.45, 7) is 3.76. The third-order valence-electron chi connectivity index (χ3n) is 2.08. The van der Waals surface area contributed by atoms with Crippen LogP contribution in [0.4, 0.5) is 0 Å². The highest BCUT2D eigenvalue weighted by molar-refractivity contribution is 4.92. The Labute approximate surface area is 89.4 Å². The lowest BCUT2D eigenvalue weighted by Gasteiger charge is -2.08. The lowest BCUT2D eigenvalue weighted by Crippen LogP contribution is -2.06. The van der Waals surface area contributed by atoms with Crippen LogP contribution < -0.4 is 0 Å². The van der Waals surface area contributed by atoms with Gasteiger partial charge < -0.3 is 14.4 Å². The van der Waals surface area contributed by atoms with Crippen LogP contribution in [-0.2, 0) is 11.2 Å². The number of rotatable bonds is 6. The largest absolute Gasteiger partial charge is 0.393 e. The summed E-state index contributed by atoms with van der Waals surface area (Å²) in [5, 5.41) is 13.0. The van der Waals surface area contributed by atoms with Crippen LogP contribution in [0.2, 0.25) is 0 Å². The first kappa shape index (κ1) is 12.1. The van der Waals surface area contributed by atoms with E-state index in [4.69, 9.17) is 14.4 Å². The molecule has 0 aliphatic heterocycles. The van der Waals surface area contributed by atoms with Crippen LogP contribution in [0.5, 0.6) is 0 Å². The molecule has 1 heterocycles. The minimum atomic E-state index is -0.467. The van der Waals surface area contributed by atoms with Gasteiger partial charge in [0.2, 0.25) is 11.7 Å². The average Bonchev–Trinajstić information content (AvgIpc) is 2.61. The van der Waals surface area contributed by atoms with Gasteiger partial charge in [0, 0.05) is 7.11 Å². The molecule has 0 spiro atoms. The van der Waals surface area contributed by atoms with Crippen molar-refractivity contribution in [2.24, 2.45) is 0 Å². The molecule has 0 radical (unpaired) electrons. The summed E-state index contributed by atoms with van der Waals surface area (Å²) in [4.78, 5) is 4.18. The second-order valence-corrected chi connectivity index (χ2v) is 3.61. The summed E-state index contributed by atoms with van der Waals surface area (Å²) >= 11 is 0. The number of methoxy groups -OCH3 is 1. The molecular formula is C10H18N2O3. The molecule has 5 heteroatoms. The molecule has 0 saturated heterocycles. The zero-order valence-electron chi connectivity index (χ0n) is 9.43. The van der Waals surface area contributed by atoms with Crippen LogP contribution in [0.1, 0.15) is 44.5 Å². The molecule has 2 atom stereocenters. The summed E-state index contributed by atoms with van der Waals surface area (Å²) in [6, 6.07) is 0. The van der Waals surface area contributed by atoms with E-state index in [1.165, 1.54) is 0 Å². The summed E-state index contributed by atoms with van der Waals surface area (Å²) in [7, 11) is 1.63. The van der Waals surface area contributed by atoms with Gasteiger partial charge in [-0.25, -0.2) is 0 Å². The quantitative estimate of drug-likeness (QED) is 0.776. The minimum Gasteiger partial charge on any atom is -0.393 e. The molecular weight excluding hydrogens is 196 g/mol. The Balaban J connectivity index is 2.64. The van der Waals surface area contributed by atoms with E-state index in [2.05, 4.69) is 17.1 Å². The van der Waals surface area contributed by atoms with Crippen molar-refractivity contribution in [1.82, 2.24) is 10.1 Å². The molecule has 1 aromatic heterocycles. The topological polar surface area (TPSA) is 68.4 Å². The van der Waals surface area contributed by atoms with E-state index in [9.17, 15) is 0 Å². The lowest BCUT2D eigenvalue weighted by atomic mass is 10.2. The van der Waals surface area contributed by atoms with Crippen molar-refractivity contribution in [2.45, 2.75) is 45.3 Å². The normalized spacial score (nSPS) is 15.2. The molecule has 0 saturated carbocycles. The minimum absolute atomic E-state index is 0.110. The predicted octanol–water partition coefficient (Wildman–Crippen LogP) is 1.48. The predicted molar refractivity (Wildman–Crippen MR) is 54.3 cm³/mol. The zero-order valence-corrected chi connectivity index (χ0v) is 9.43. The van der Waals surface area contributed by atoms with Gasteiger partial charge in [-0.1, -0.05) is 18.5 Å². The number of hydrogen-bond donors (Lipinski definition) is 1. The van der Waals surface area contributed by atoms with Crippen LogP contribution in [-0.4, -0.2) is 28.5 Å². The maximum absolute atomic E-state index is 9.16. The van der Waals surface area contributed by atoms with Crippen molar-refractivity contribution < 1.29 is 14.4 Å². The van der Waals surface area contributed by atoms with Crippen LogP contribution in [0.3, 0.4) is 0 Å². The van der Waals surface area contributed by atoms with Crippen molar-refractivity contribution in [1.29, 1.82) is 0 Å². The highest BCUT2D eigenvalue weighted by Crippen LogP contribution is 2.19. The Hall–Kier alpha value is -0.940. The fourth-order valence-electron chi connectivity index (χ4n) is 1.35. The first-order valence-corrected chi connectivity index (χ1v) is 5.20. The Morgan fingerprint density at radius 2 is 2.27 bits per heavy atom. The van der Waals surface area contributed by atoms with E-state index >= 15 is 0 Å². The van der Waals surface area contributed by atoms with E-state index in [0.29, 0.717) is 18.1 Å². The lowest BCUT2D eigenvalue weighted by molar-refractivity contribution is 0.0854. The Morgan fingerprint density at radius 3 is 2.80 bits per heavy atom. The molecule has 15 heavy (non-hydrogen) atoms. The van der Waals surface area contributed by atoms with Crippen LogP contribution in [0, 0.1) is 0 Å². The molecule has 0 bridgehead atoms. The first-order valence-electron chi connectivity index (χ1n) is 5.20. The second kappa shape index (κ2) is 5.82. The smallest absolute Gasteiger partial charge is 0.229 e. The molecule has 0 fully saturated rings. The number of aromatic nitrogens is 2. The summed E-state index contributed by atoms with van der Waals surface area (Å²) in [6.07, 6.45) is 1.67. The van der Waals surface area contributed by atoms with E-state index in [1.54, 1.807) is 14.0 Å². The molecule has 1 aromatic rings.